The number of rotatable bonds is 7. The van der Waals surface area contributed by atoms with Crippen LogP contribution >= 0.6 is 31.9 Å². The lowest BCUT2D eigenvalue weighted by molar-refractivity contribution is -0.134. The molecule has 4 aromatic rings. The summed E-state index contributed by atoms with van der Waals surface area (Å²) < 4.78 is 7.46. The second kappa shape index (κ2) is 14.5. The number of benzene rings is 2. The maximum atomic E-state index is 14.0. The number of halogens is 2. The number of nitrogens with zero attached hydrogens (tertiary/aromatic N) is 4. The molecule has 0 saturated carbocycles. The number of phenols is 1. The molecule has 2 aliphatic rings. The first-order valence-electron chi connectivity index (χ1n) is 15.9. The summed E-state index contributed by atoms with van der Waals surface area (Å²) in [5, 5.41) is 13.2. The van der Waals surface area contributed by atoms with Crippen molar-refractivity contribution in [3.63, 3.8) is 0 Å². The van der Waals surface area contributed by atoms with E-state index in [0.29, 0.717) is 70.5 Å². The maximum absolute atomic E-state index is 14.0. The van der Waals surface area contributed by atoms with Crippen LogP contribution in [0.5, 0.6) is 5.75 Å². The molecule has 48 heavy (non-hydrogen) atoms. The number of aromatic hydroxyl groups is 1. The number of carbonyl (C=O) groups is 3. The van der Waals surface area contributed by atoms with Gasteiger partial charge < -0.3 is 29.9 Å². The Labute approximate surface area is 293 Å². The van der Waals surface area contributed by atoms with E-state index in [0.717, 1.165) is 18.4 Å². The number of fused-ring (bicyclic) bond motifs is 1. The highest BCUT2D eigenvalue weighted by Crippen LogP contribution is 2.34. The van der Waals surface area contributed by atoms with Crippen molar-refractivity contribution in [3.8, 4) is 5.75 Å². The van der Waals surface area contributed by atoms with E-state index in [-0.39, 0.29) is 35.8 Å². The summed E-state index contributed by atoms with van der Waals surface area (Å²) in [4.78, 5) is 63.0. The number of aromatic amines is 1. The van der Waals surface area contributed by atoms with Gasteiger partial charge in [-0.25, -0.2) is 14.4 Å². The second-order valence-corrected chi connectivity index (χ2v) is 13.9. The number of H-pyrrole nitrogens is 1. The summed E-state index contributed by atoms with van der Waals surface area (Å²) in [6, 6.07) is 11.2. The number of methoxy groups -OCH3 is 1. The van der Waals surface area contributed by atoms with Crippen molar-refractivity contribution in [3.05, 3.63) is 91.0 Å². The zero-order chi connectivity index (χ0) is 33.9. The van der Waals surface area contributed by atoms with Crippen LogP contribution in [0.2, 0.25) is 0 Å². The molecular formula is C34H36Br2N6O6. The molecule has 4 heterocycles. The Bertz CT molecular complexity index is 1860. The molecule has 252 valence electrons. The molecule has 0 bridgehead atoms. The fraction of sp³-hybridized carbons (Fsp3) is 0.382. The molecule has 2 aromatic heterocycles. The van der Waals surface area contributed by atoms with Crippen molar-refractivity contribution >= 4 is 60.8 Å². The van der Waals surface area contributed by atoms with Gasteiger partial charge in [0.15, 0.2) is 0 Å². The van der Waals surface area contributed by atoms with Crippen LogP contribution in [0.1, 0.15) is 59.1 Å². The Balaban J connectivity index is 1.14. The van der Waals surface area contributed by atoms with Gasteiger partial charge in [-0.2, -0.15) is 0 Å². The third kappa shape index (κ3) is 7.14. The smallest absolute Gasteiger partial charge is 0.337 e. The third-order valence-corrected chi connectivity index (χ3v) is 10.6. The Morgan fingerprint density at radius 3 is 2.27 bits per heavy atom. The van der Waals surface area contributed by atoms with Crippen LogP contribution in [-0.4, -0.2) is 86.7 Å². The lowest BCUT2D eigenvalue weighted by Crippen LogP contribution is -2.55. The number of phenolic OH excluding ortho intramolecular Hbond substituents is 1. The SMILES string of the molecule is COC(=O)c1ccc2c(c1)[nH]c(=O)n2C1CCN(C(=O)N[C@H](Cc2cc(Br)c(O)c(Br)c2)C(=O)N2CCC(c3ccncc3)CC2)CC1. The summed E-state index contributed by atoms with van der Waals surface area (Å²) in [7, 11) is 1.31. The van der Waals surface area contributed by atoms with Gasteiger partial charge in [0.2, 0.25) is 5.91 Å². The maximum Gasteiger partial charge on any atom is 0.337 e. The molecule has 1 atom stereocenters. The van der Waals surface area contributed by atoms with Crippen molar-refractivity contribution in [2.45, 2.75) is 50.1 Å². The molecule has 6 rings (SSSR count). The number of likely N-dealkylation sites (tertiary alicyclic amines) is 2. The highest BCUT2D eigenvalue weighted by atomic mass is 79.9. The zero-order valence-electron chi connectivity index (χ0n) is 26.3. The largest absolute Gasteiger partial charge is 0.506 e. The van der Waals surface area contributed by atoms with Gasteiger partial charge in [-0.3, -0.25) is 14.3 Å². The fourth-order valence-corrected chi connectivity index (χ4v) is 8.05. The molecule has 0 unspecified atom stereocenters. The van der Waals surface area contributed by atoms with E-state index < -0.39 is 12.0 Å². The number of hydrogen-bond donors (Lipinski definition) is 3. The summed E-state index contributed by atoms with van der Waals surface area (Å²) in [6.07, 6.45) is 6.53. The highest BCUT2D eigenvalue weighted by Gasteiger charge is 2.33. The predicted molar refractivity (Wildman–Crippen MR) is 186 cm³/mol. The van der Waals surface area contributed by atoms with Gasteiger partial charge in [0, 0.05) is 51.0 Å². The monoisotopic (exact) mass is 782 g/mol. The van der Waals surface area contributed by atoms with Crippen LogP contribution in [0.25, 0.3) is 11.0 Å². The number of piperidine rings is 2. The number of carbonyl (C=O) groups excluding carboxylic acids is 3. The van der Waals surface area contributed by atoms with Gasteiger partial charge in [-0.05, 0) is 117 Å². The van der Waals surface area contributed by atoms with Gasteiger partial charge in [-0.1, -0.05) is 0 Å². The van der Waals surface area contributed by atoms with Crippen molar-refractivity contribution in [1.82, 2.24) is 29.7 Å². The van der Waals surface area contributed by atoms with Crippen LogP contribution in [0.4, 0.5) is 4.79 Å². The first-order chi connectivity index (χ1) is 23.1. The van der Waals surface area contributed by atoms with E-state index in [2.05, 4.69) is 47.1 Å². The number of imidazole rings is 1. The van der Waals surface area contributed by atoms with E-state index in [1.54, 1.807) is 52.2 Å². The normalized spacial score (nSPS) is 16.6. The summed E-state index contributed by atoms with van der Waals surface area (Å²) in [6.45, 7) is 1.94. The van der Waals surface area contributed by atoms with Crippen LogP contribution in [-0.2, 0) is 16.0 Å². The molecule has 2 aromatic carbocycles. The fourth-order valence-electron chi connectivity index (χ4n) is 6.77. The van der Waals surface area contributed by atoms with Crippen LogP contribution in [0, 0.1) is 0 Å². The molecule has 12 nitrogen and oxygen atoms in total. The molecule has 3 N–H and O–H groups in total. The number of aromatic nitrogens is 3. The van der Waals surface area contributed by atoms with Gasteiger partial charge in [0.05, 0.1) is 32.7 Å². The minimum Gasteiger partial charge on any atom is -0.506 e. The topological polar surface area (TPSA) is 150 Å². The van der Waals surface area contributed by atoms with Crippen molar-refractivity contribution in [2.75, 3.05) is 33.3 Å². The Kier molecular flexibility index (Phi) is 10.2. The second-order valence-electron chi connectivity index (χ2n) is 12.2. The van der Waals surface area contributed by atoms with Crippen molar-refractivity contribution in [2.24, 2.45) is 0 Å². The molecule has 2 fully saturated rings. The number of pyridine rings is 1. The Hall–Kier alpha value is -4.17. The quantitative estimate of drug-likeness (QED) is 0.221. The average Bonchev–Trinajstić information content (AvgIpc) is 3.44. The Morgan fingerprint density at radius 2 is 1.62 bits per heavy atom. The van der Waals surface area contributed by atoms with Gasteiger partial charge in [-0.15, -0.1) is 0 Å². The van der Waals surface area contributed by atoms with E-state index in [9.17, 15) is 24.3 Å². The standard InChI is InChI=1S/C34H36Br2N6O6/c1-48-32(45)23-2-3-29-27(19-23)38-34(47)42(29)24-8-14-41(15-9-24)33(46)39-28(18-20-16-25(35)30(43)26(36)17-20)31(44)40-12-6-22(7-13-40)21-4-10-37-11-5-21/h2-5,10-11,16-17,19,22,24,28,43H,6-9,12-15,18H2,1H3,(H,38,47)(H,39,46)/t28-/m1/s1. The van der Waals surface area contributed by atoms with Crippen molar-refractivity contribution in [1.29, 1.82) is 0 Å². The molecule has 0 aliphatic carbocycles. The van der Waals surface area contributed by atoms with Gasteiger partial charge in [0.1, 0.15) is 11.8 Å². The third-order valence-electron chi connectivity index (χ3n) is 9.35. The molecule has 0 radical (unpaired) electrons. The van der Waals surface area contributed by atoms with Crippen LogP contribution in [0.3, 0.4) is 0 Å². The molecule has 2 aliphatic heterocycles. The first-order valence-corrected chi connectivity index (χ1v) is 17.4. The minimum atomic E-state index is -0.823. The Morgan fingerprint density at radius 1 is 0.979 bits per heavy atom. The highest BCUT2D eigenvalue weighted by molar-refractivity contribution is 9.11. The number of urea groups is 1. The number of ether oxygens (including phenoxy) is 1. The average molecular weight is 785 g/mol. The molecule has 14 heteroatoms. The van der Waals surface area contributed by atoms with E-state index in [1.165, 1.54) is 12.7 Å². The molecular weight excluding hydrogens is 748 g/mol. The predicted octanol–water partition coefficient (Wildman–Crippen LogP) is 5.11. The lowest BCUT2D eigenvalue weighted by atomic mass is 9.89. The lowest BCUT2D eigenvalue weighted by Gasteiger charge is -2.36. The number of esters is 1. The summed E-state index contributed by atoms with van der Waals surface area (Å²) in [5.74, 6) is -0.231. The van der Waals surface area contributed by atoms with Gasteiger partial charge >= 0.3 is 17.7 Å². The first kappa shape index (κ1) is 33.7. The van der Waals surface area contributed by atoms with E-state index in [4.69, 9.17) is 4.74 Å². The van der Waals surface area contributed by atoms with E-state index >= 15 is 0 Å². The van der Waals surface area contributed by atoms with Crippen molar-refractivity contribution < 1.29 is 24.2 Å². The number of nitrogens with one attached hydrogen (secondary N) is 2. The molecule has 0 spiro atoms. The van der Waals surface area contributed by atoms with E-state index in [1.807, 2.05) is 17.0 Å². The van der Waals surface area contributed by atoms with Crippen LogP contribution < -0.4 is 11.0 Å². The minimum absolute atomic E-state index is 0.0601. The molecule has 2 saturated heterocycles. The van der Waals surface area contributed by atoms with Crippen LogP contribution in [0.15, 0.2) is 68.6 Å². The van der Waals surface area contributed by atoms with Gasteiger partial charge in [0.25, 0.3) is 0 Å². The molecule has 3 amide bonds. The zero-order valence-corrected chi connectivity index (χ0v) is 29.5. The summed E-state index contributed by atoms with van der Waals surface area (Å²) >= 11 is 6.75. The summed E-state index contributed by atoms with van der Waals surface area (Å²) in [5.41, 5.74) is 3.27. The number of amides is 3. The number of hydrogen-bond acceptors (Lipinski definition) is 7.